The minimum atomic E-state index is -1.43. The molecule has 0 aromatic heterocycles. The number of hydrogen-bond donors (Lipinski definition) is 2. The first kappa shape index (κ1) is 14.3. The van der Waals surface area contributed by atoms with Crippen LogP contribution in [0.3, 0.4) is 0 Å². The van der Waals surface area contributed by atoms with E-state index in [-0.39, 0.29) is 17.6 Å². The Bertz CT molecular complexity index is 603. The van der Waals surface area contributed by atoms with Crippen LogP contribution in [0.5, 0.6) is 0 Å². The third-order valence-electron chi connectivity index (χ3n) is 4.37. The minimum absolute atomic E-state index is 0.0445. The molecule has 1 heterocycles. The summed E-state index contributed by atoms with van der Waals surface area (Å²) in [5, 5.41) is 18.2. The second kappa shape index (κ2) is 5.62. The van der Waals surface area contributed by atoms with Gasteiger partial charge in [-0.2, -0.15) is 0 Å². The number of halogens is 1. The first-order valence-electron chi connectivity index (χ1n) is 7.18. The van der Waals surface area contributed by atoms with Crippen molar-refractivity contribution in [1.82, 2.24) is 4.90 Å². The summed E-state index contributed by atoms with van der Waals surface area (Å²) in [6, 6.07) is 4.63. The second-order valence-electron chi connectivity index (χ2n) is 5.62. The smallest absolute Gasteiger partial charge is 0.423 e. The number of carbonyl (C=O) groups excluding carboxylic acids is 1. The maximum Gasteiger partial charge on any atom is 0.483 e. The summed E-state index contributed by atoms with van der Waals surface area (Å²) in [5.41, 5.74) is 2.42. The molecular weight excluding hydrogens is 272 g/mol. The summed E-state index contributed by atoms with van der Waals surface area (Å²) in [6.45, 7) is 0.897. The molecule has 0 fully saturated rings. The molecule has 2 N–H and O–H groups in total. The van der Waals surface area contributed by atoms with Crippen molar-refractivity contribution in [3.8, 4) is 0 Å². The number of aryl methyl sites for hydroxylation is 1. The summed E-state index contributed by atoms with van der Waals surface area (Å²) in [7, 11) is -1.43. The van der Waals surface area contributed by atoms with Gasteiger partial charge < -0.3 is 14.9 Å². The number of nitrogens with zero attached hydrogens (tertiary/aromatic N) is 1. The lowest BCUT2D eigenvalue weighted by Gasteiger charge is -2.29. The molecule has 2 aliphatic rings. The number of rotatable bonds is 2. The molecule has 0 saturated heterocycles. The summed E-state index contributed by atoms with van der Waals surface area (Å²) in [5.74, 6) is -0.415. The van der Waals surface area contributed by atoms with E-state index in [1.165, 1.54) is 12.1 Å². The lowest BCUT2D eigenvalue weighted by Crippen LogP contribution is -2.39. The fraction of sp³-hybridized carbons (Fsp3) is 0.400. The molecule has 1 amide bonds. The van der Waals surface area contributed by atoms with Gasteiger partial charge in [0.2, 0.25) is 5.91 Å². The molecule has 0 bridgehead atoms. The van der Waals surface area contributed by atoms with Crippen LogP contribution in [0.15, 0.2) is 29.7 Å². The standard InChI is InChI=1S/C15H17BFNO3/c17-12-2-4-13-10(9-12)1-3-14(13)15(19)18-7-5-11(6-8-18)16(20)21/h2,4-5,9,14,20-21H,1,3,6-8H2. The van der Waals surface area contributed by atoms with Gasteiger partial charge in [0.1, 0.15) is 5.82 Å². The Morgan fingerprint density at radius 3 is 2.81 bits per heavy atom. The molecule has 0 spiro atoms. The number of fused-ring (bicyclic) bond motifs is 1. The molecule has 1 aliphatic carbocycles. The highest BCUT2D eigenvalue weighted by Gasteiger charge is 2.33. The van der Waals surface area contributed by atoms with E-state index in [4.69, 9.17) is 10.0 Å². The van der Waals surface area contributed by atoms with Crippen molar-refractivity contribution in [3.05, 3.63) is 46.7 Å². The predicted molar refractivity (Wildman–Crippen MR) is 76.9 cm³/mol. The monoisotopic (exact) mass is 289 g/mol. The molecule has 4 nitrogen and oxygen atoms in total. The number of carbonyl (C=O) groups is 1. The van der Waals surface area contributed by atoms with Crippen molar-refractivity contribution in [1.29, 1.82) is 0 Å². The maximum atomic E-state index is 13.2. The molecule has 1 aromatic rings. The van der Waals surface area contributed by atoms with E-state index < -0.39 is 7.12 Å². The van der Waals surface area contributed by atoms with Gasteiger partial charge >= 0.3 is 7.12 Å². The highest BCUT2D eigenvalue weighted by Crippen LogP contribution is 2.35. The van der Waals surface area contributed by atoms with Crippen LogP contribution >= 0.6 is 0 Å². The van der Waals surface area contributed by atoms with Crippen LogP contribution in [0.1, 0.15) is 29.9 Å². The van der Waals surface area contributed by atoms with Crippen molar-refractivity contribution < 1.29 is 19.2 Å². The van der Waals surface area contributed by atoms with Crippen LogP contribution in [-0.4, -0.2) is 41.1 Å². The average molecular weight is 289 g/mol. The molecule has 1 aliphatic heterocycles. The molecule has 1 atom stereocenters. The maximum absolute atomic E-state index is 13.2. The fourth-order valence-corrected chi connectivity index (χ4v) is 3.18. The zero-order valence-electron chi connectivity index (χ0n) is 11.6. The number of hydrogen-bond acceptors (Lipinski definition) is 3. The highest BCUT2D eigenvalue weighted by atomic mass is 19.1. The second-order valence-corrected chi connectivity index (χ2v) is 5.62. The number of amides is 1. The highest BCUT2D eigenvalue weighted by molar-refractivity contribution is 6.50. The van der Waals surface area contributed by atoms with Gasteiger partial charge in [0.25, 0.3) is 0 Å². The van der Waals surface area contributed by atoms with Crippen molar-refractivity contribution in [2.24, 2.45) is 0 Å². The van der Waals surface area contributed by atoms with E-state index in [2.05, 4.69) is 0 Å². The number of benzene rings is 1. The Hall–Kier alpha value is -1.66. The van der Waals surface area contributed by atoms with Gasteiger partial charge in [0.05, 0.1) is 5.92 Å². The van der Waals surface area contributed by atoms with Gasteiger partial charge in [0.15, 0.2) is 0 Å². The van der Waals surface area contributed by atoms with Gasteiger partial charge in [-0.05, 0) is 48.0 Å². The van der Waals surface area contributed by atoms with Crippen molar-refractivity contribution in [2.75, 3.05) is 13.1 Å². The van der Waals surface area contributed by atoms with E-state index in [1.54, 1.807) is 17.0 Å². The minimum Gasteiger partial charge on any atom is -0.423 e. The molecule has 3 rings (SSSR count). The largest absolute Gasteiger partial charge is 0.483 e. The fourth-order valence-electron chi connectivity index (χ4n) is 3.18. The van der Waals surface area contributed by atoms with Crippen molar-refractivity contribution in [3.63, 3.8) is 0 Å². The van der Waals surface area contributed by atoms with E-state index in [9.17, 15) is 9.18 Å². The molecule has 0 saturated carbocycles. The first-order chi connectivity index (χ1) is 10.1. The average Bonchev–Trinajstić information content (AvgIpc) is 2.89. The quantitative estimate of drug-likeness (QED) is 0.799. The Morgan fingerprint density at radius 1 is 1.33 bits per heavy atom. The van der Waals surface area contributed by atoms with Gasteiger partial charge in [-0.25, -0.2) is 4.39 Å². The van der Waals surface area contributed by atoms with Gasteiger partial charge in [-0.15, -0.1) is 0 Å². The zero-order chi connectivity index (χ0) is 15.0. The third-order valence-corrected chi connectivity index (χ3v) is 4.37. The van der Waals surface area contributed by atoms with Crippen LogP contribution in [0.2, 0.25) is 0 Å². The van der Waals surface area contributed by atoms with Crippen molar-refractivity contribution in [2.45, 2.75) is 25.2 Å². The predicted octanol–water partition coefficient (Wildman–Crippen LogP) is 1.03. The molecule has 110 valence electrons. The molecule has 1 aromatic carbocycles. The summed E-state index contributed by atoms with van der Waals surface area (Å²) < 4.78 is 13.2. The van der Waals surface area contributed by atoms with Gasteiger partial charge in [0, 0.05) is 13.1 Å². The van der Waals surface area contributed by atoms with Crippen LogP contribution in [0.4, 0.5) is 4.39 Å². The lowest BCUT2D eigenvalue weighted by atomic mass is 9.76. The lowest BCUT2D eigenvalue weighted by molar-refractivity contribution is -0.132. The Labute approximate surface area is 123 Å². The van der Waals surface area contributed by atoms with Crippen LogP contribution in [0, 0.1) is 5.82 Å². The van der Waals surface area contributed by atoms with E-state index in [0.717, 1.165) is 17.5 Å². The Kier molecular flexibility index (Phi) is 3.82. The van der Waals surface area contributed by atoms with Crippen LogP contribution in [-0.2, 0) is 11.2 Å². The van der Waals surface area contributed by atoms with Crippen LogP contribution < -0.4 is 0 Å². The topological polar surface area (TPSA) is 60.8 Å². The molecule has 1 unspecified atom stereocenters. The first-order valence-corrected chi connectivity index (χ1v) is 7.18. The van der Waals surface area contributed by atoms with Gasteiger partial charge in [-0.3, -0.25) is 4.79 Å². The van der Waals surface area contributed by atoms with E-state index in [0.29, 0.717) is 31.4 Å². The Morgan fingerprint density at radius 2 is 2.14 bits per heavy atom. The molecule has 6 heteroatoms. The van der Waals surface area contributed by atoms with Crippen LogP contribution in [0.25, 0.3) is 0 Å². The Balaban J connectivity index is 1.74. The third kappa shape index (κ3) is 2.73. The molecule has 0 radical (unpaired) electrons. The summed E-state index contributed by atoms with van der Waals surface area (Å²) in [6.07, 6.45) is 3.63. The SMILES string of the molecule is O=C(C1CCc2cc(F)ccc21)N1CC=C(B(O)O)CC1. The van der Waals surface area contributed by atoms with E-state index in [1.807, 2.05) is 0 Å². The normalized spacial score (nSPS) is 21.0. The summed E-state index contributed by atoms with van der Waals surface area (Å²) >= 11 is 0. The molecule has 21 heavy (non-hydrogen) atoms. The van der Waals surface area contributed by atoms with E-state index >= 15 is 0 Å². The van der Waals surface area contributed by atoms with Gasteiger partial charge in [-0.1, -0.05) is 12.1 Å². The summed E-state index contributed by atoms with van der Waals surface area (Å²) in [4.78, 5) is 14.3. The zero-order valence-corrected chi connectivity index (χ0v) is 11.6. The molecular formula is C15H17BFNO3. The van der Waals surface area contributed by atoms with Crippen molar-refractivity contribution >= 4 is 13.0 Å².